The number of rotatable bonds is 3. The molecule has 8 nitrogen and oxygen atoms in total. The summed E-state index contributed by atoms with van der Waals surface area (Å²) in [6.07, 6.45) is 4.55. The first-order valence-electron chi connectivity index (χ1n) is 5.45. The summed E-state index contributed by atoms with van der Waals surface area (Å²) < 4.78 is 0. The number of hydrazine groups is 1. The van der Waals surface area contributed by atoms with Crippen LogP contribution in [0.4, 0.5) is 17.3 Å². The SMILES string of the molecule is Nc1ncnc(NN2CCCCC2)c1[N+](=O)[O-]. The van der Waals surface area contributed by atoms with Crippen LogP contribution in [0.2, 0.25) is 0 Å². The summed E-state index contributed by atoms with van der Waals surface area (Å²) in [5.41, 5.74) is 8.14. The molecule has 0 aromatic carbocycles. The highest BCUT2D eigenvalue weighted by molar-refractivity contribution is 5.66. The maximum absolute atomic E-state index is 10.9. The molecule has 0 radical (unpaired) electrons. The third-order valence-electron chi connectivity index (χ3n) is 2.65. The molecule has 3 N–H and O–H groups in total. The molecule has 0 amide bonds. The molecule has 0 spiro atoms. The van der Waals surface area contributed by atoms with Gasteiger partial charge in [0.1, 0.15) is 6.33 Å². The third-order valence-corrected chi connectivity index (χ3v) is 2.65. The molecule has 0 aliphatic carbocycles. The Labute approximate surface area is 98.0 Å². The molecule has 92 valence electrons. The molecule has 0 unspecified atom stereocenters. The van der Waals surface area contributed by atoms with Gasteiger partial charge in [0.2, 0.25) is 11.6 Å². The quantitative estimate of drug-likeness (QED) is 0.591. The Hall–Kier alpha value is -1.96. The number of nitrogens with zero attached hydrogens (tertiary/aromatic N) is 4. The smallest absolute Gasteiger partial charge is 0.354 e. The van der Waals surface area contributed by atoms with Gasteiger partial charge in [0.05, 0.1) is 4.92 Å². The molecule has 0 saturated carbocycles. The molecular formula is C9H14N6O2. The maximum atomic E-state index is 10.9. The average molecular weight is 238 g/mol. The number of anilines is 2. The highest BCUT2D eigenvalue weighted by Crippen LogP contribution is 2.27. The van der Waals surface area contributed by atoms with Crippen LogP contribution in [0.25, 0.3) is 0 Å². The second-order valence-corrected chi connectivity index (χ2v) is 3.87. The summed E-state index contributed by atoms with van der Waals surface area (Å²) in [6.45, 7) is 1.70. The van der Waals surface area contributed by atoms with Gasteiger partial charge in [-0.15, -0.1) is 0 Å². The van der Waals surface area contributed by atoms with Gasteiger partial charge in [-0.1, -0.05) is 6.42 Å². The van der Waals surface area contributed by atoms with Crippen molar-refractivity contribution in [2.75, 3.05) is 24.2 Å². The number of piperidine rings is 1. The second kappa shape index (κ2) is 4.91. The van der Waals surface area contributed by atoms with Crippen LogP contribution in [0.5, 0.6) is 0 Å². The lowest BCUT2D eigenvalue weighted by atomic mass is 10.2. The van der Waals surface area contributed by atoms with Crippen LogP contribution in [0, 0.1) is 10.1 Å². The minimum atomic E-state index is -0.568. The molecule has 1 fully saturated rings. The second-order valence-electron chi connectivity index (χ2n) is 3.87. The zero-order valence-corrected chi connectivity index (χ0v) is 9.30. The van der Waals surface area contributed by atoms with Gasteiger partial charge in [-0.2, -0.15) is 0 Å². The number of nitro groups is 1. The molecule has 1 aliphatic heterocycles. The fourth-order valence-electron chi connectivity index (χ4n) is 1.81. The molecule has 1 aromatic heterocycles. The zero-order chi connectivity index (χ0) is 12.3. The Kier molecular flexibility index (Phi) is 3.33. The van der Waals surface area contributed by atoms with Crippen molar-refractivity contribution >= 4 is 17.3 Å². The van der Waals surface area contributed by atoms with E-state index in [2.05, 4.69) is 15.4 Å². The molecule has 17 heavy (non-hydrogen) atoms. The number of hydrogen-bond acceptors (Lipinski definition) is 7. The molecule has 2 heterocycles. The van der Waals surface area contributed by atoms with Gasteiger partial charge in [-0.25, -0.2) is 15.0 Å². The van der Waals surface area contributed by atoms with E-state index >= 15 is 0 Å². The Bertz CT molecular complexity index is 418. The first kappa shape index (κ1) is 11.5. The van der Waals surface area contributed by atoms with Gasteiger partial charge in [0, 0.05) is 13.1 Å². The van der Waals surface area contributed by atoms with E-state index in [9.17, 15) is 10.1 Å². The van der Waals surface area contributed by atoms with Crippen molar-refractivity contribution in [3.63, 3.8) is 0 Å². The fourth-order valence-corrected chi connectivity index (χ4v) is 1.81. The summed E-state index contributed by atoms with van der Waals surface area (Å²) in [4.78, 5) is 17.8. The van der Waals surface area contributed by atoms with Crippen molar-refractivity contribution in [1.82, 2.24) is 15.0 Å². The number of aromatic nitrogens is 2. The van der Waals surface area contributed by atoms with Crippen molar-refractivity contribution in [2.24, 2.45) is 0 Å². The van der Waals surface area contributed by atoms with E-state index < -0.39 is 4.92 Å². The van der Waals surface area contributed by atoms with E-state index in [0.29, 0.717) is 0 Å². The van der Waals surface area contributed by atoms with Crippen molar-refractivity contribution in [1.29, 1.82) is 0 Å². The molecule has 1 aliphatic rings. The minimum absolute atomic E-state index is 0.121. The largest absolute Gasteiger partial charge is 0.378 e. The van der Waals surface area contributed by atoms with Crippen LogP contribution < -0.4 is 11.2 Å². The molecule has 2 rings (SSSR count). The summed E-state index contributed by atoms with van der Waals surface area (Å²) >= 11 is 0. The maximum Gasteiger partial charge on any atom is 0.354 e. The van der Waals surface area contributed by atoms with E-state index in [1.807, 2.05) is 5.01 Å². The van der Waals surface area contributed by atoms with Crippen LogP contribution in [0.1, 0.15) is 19.3 Å². The lowest BCUT2D eigenvalue weighted by Crippen LogP contribution is -2.35. The third kappa shape index (κ3) is 2.59. The molecule has 1 aromatic rings. The van der Waals surface area contributed by atoms with Crippen molar-refractivity contribution in [3.05, 3.63) is 16.4 Å². The number of nitrogens with two attached hydrogens (primary N) is 1. The van der Waals surface area contributed by atoms with Crippen molar-refractivity contribution < 1.29 is 4.92 Å². The van der Waals surface area contributed by atoms with Crippen LogP contribution in [0.3, 0.4) is 0 Å². The Morgan fingerprint density at radius 3 is 2.71 bits per heavy atom. The molecule has 0 atom stereocenters. The first-order valence-corrected chi connectivity index (χ1v) is 5.45. The van der Waals surface area contributed by atoms with Gasteiger partial charge in [0.25, 0.3) is 0 Å². The van der Waals surface area contributed by atoms with E-state index in [1.165, 1.54) is 12.7 Å². The minimum Gasteiger partial charge on any atom is -0.378 e. The van der Waals surface area contributed by atoms with Gasteiger partial charge < -0.3 is 5.73 Å². The van der Waals surface area contributed by atoms with Gasteiger partial charge in [-0.3, -0.25) is 15.5 Å². The average Bonchev–Trinajstić information content (AvgIpc) is 2.30. The van der Waals surface area contributed by atoms with Crippen LogP contribution in [-0.2, 0) is 0 Å². The predicted molar refractivity (Wildman–Crippen MR) is 62.1 cm³/mol. The summed E-state index contributed by atoms with van der Waals surface area (Å²) in [6, 6.07) is 0. The van der Waals surface area contributed by atoms with Crippen molar-refractivity contribution in [2.45, 2.75) is 19.3 Å². The number of nitrogens with one attached hydrogen (secondary N) is 1. The highest BCUT2D eigenvalue weighted by atomic mass is 16.6. The highest BCUT2D eigenvalue weighted by Gasteiger charge is 2.22. The van der Waals surface area contributed by atoms with E-state index in [1.54, 1.807) is 0 Å². The monoisotopic (exact) mass is 238 g/mol. The summed E-state index contributed by atoms with van der Waals surface area (Å²) in [5, 5.41) is 12.8. The van der Waals surface area contributed by atoms with Crippen LogP contribution >= 0.6 is 0 Å². The van der Waals surface area contributed by atoms with Gasteiger partial charge in [-0.05, 0) is 12.8 Å². The number of nitrogen functional groups attached to an aromatic ring is 1. The standard InChI is InChI=1S/C9H14N6O2/c10-8-7(15(16)17)9(12-6-11-8)13-14-4-2-1-3-5-14/h6H,1-5H2,(H3,10,11,12,13). The number of hydrogen-bond donors (Lipinski definition) is 2. The lowest BCUT2D eigenvalue weighted by molar-refractivity contribution is -0.383. The van der Waals surface area contributed by atoms with E-state index in [0.717, 1.165) is 25.9 Å². The summed E-state index contributed by atoms with van der Waals surface area (Å²) in [7, 11) is 0. The Morgan fingerprint density at radius 2 is 2.06 bits per heavy atom. The lowest BCUT2D eigenvalue weighted by Gasteiger charge is -2.26. The Morgan fingerprint density at radius 1 is 1.35 bits per heavy atom. The normalized spacial score (nSPS) is 16.7. The molecule has 1 saturated heterocycles. The molecule has 0 bridgehead atoms. The molecular weight excluding hydrogens is 224 g/mol. The Balaban J connectivity index is 2.19. The van der Waals surface area contributed by atoms with Crippen LogP contribution in [-0.4, -0.2) is 33.0 Å². The fraction of sp³-hybridized carbons (Fsp3) is 0.556. The topological polar surface area (TPSA) is 110 Å². The van der Waals surface area contributed by atoms with Crippen molar-refractivity contribution in [3.8, 4) is 0 Å². The van der Waals surface area contributed by atoms with Gasteiger partial charge in [0.15, 0.2) is 0 Å². The predicted octanol–water partition coefficient (Wildman–Crippen LogP) is 0.780. The van der Waals surface area contributed by atoms with Gasteiger partial charge >= 0.3 is 5.69 Å². The summed E-state index contributed by atoms with van der Waals surface area (Å²) in [5.74, 6) is 0.0360. The molecule has 8 heteroatoms. The first-order chi connectivity index (χ1) is 8.18. The van der Waals surface area contributed by atoms with Crippen LogP contribution in [0.15, 0.2) is 6.33 Å². The van der Waals surface area contributed by atoms with E-state index in [-0.39, 0.29) is 17.3 Å². The van der Waals surface area contributed by atoms with E-state index in [4.69, 9.17) is 5.73 Å². The zero-order valence-electron chi connectivity index (χ0n) is 9.30.